The molecule has 3 aliphatic carbocycles. The molecule has 5 N–H and O–H groups in total. The van der Waals surface area contributed by atoms with Gasteiger partial charge in [0.15, 0.2) is 34.7 Å². The summed E-state index contributed by atoms with van der Waals surface area (Å²) in [5, 5.41) is 11.1. The lowest BCUT2D eigenvalue weighted by atomic mass is 9.54. The molecule has 1 amide bonds. The van der Waals surface area contributed by atoms with Crippen molar-refractivity contribution in [1.82, 2.24) is 0 Å². The van der Waals surface area contributed by atoms with Gasteiger partial charge in [-0.1, -0.05) is 0 Å². The van der Waals surface area contributed by atoms with E-state index in [1.165, 1.54) is 12.1 Å². The van der Waals surface area contributed by atoms with E-state index in [9.17, 15) is 38.3 Å². The number of aliphatic hydroxyl groups is 1. The lowest BCUT2D eigenvalue weighted by molar-refractivity contribution is -0.175. The van der Waals surface area contributed by atoms with Gasteiger partial charge < -0.3 is 16.6 Å². The highest BCUT2D eigenvalue weighted by molar-refractivity contribution is 6.31. The molecule has 9 nitrogen and oxygen atoms in total. The average Bonchev–Trinajstić information content (AvgIpc) is 2.75. The van der Waals surface area contributed by atoms with Crippen molar-refractivity contribution >= 4 is 34.8 Å². The summed E-state index contributed by atoms with van der Waals surface area (Å²) >= 11 is 0. The van der Waals surface area contributed by atoms with Crippen molar-refractivity contribution < 1.29 is 38.3 Å². The molecular formula is C23H23FN2O7. The second-order valence-electron chi connectivity index (χ2n) is 9.09. The zero-order valence-corrected chi connectivity index (χ0v) is 17.6. The molecule has 33 heavy (non-hydrogen) atoms. The van der Waals surface area contributed by atoms with Gasteiger partial charge in [-0.2, -0.15) is 0 Å². The van der Waals surface area contributed by atoms with E-state index in [0.717, 1.165) is 0 Å². The lowest BCUT2D eigenvalue weighted by Gasteiger charge is -2.48. The quantitative estimate of drug-likeness (QED) is 0.482. The third-order valence-corrected chi connectivity index (χ3v) is 7.19. The summed E-state index contributed by atoms with van der Waals surface area (Å²) in [6, 6.07) is 2.66. The number of halogens is 1. The van der Waals surface area contributed by atoms with E-state index in [1.54, 1.807) is 0 Å². The van der Waals surface area contributed by atoms with Crippen LogP contribution in [0.4, 0.5) is 4.39 Å². The number of Topliss-reactive ketones (excluding diaryl/α,β-unsaturated/α-hetero) is 5. The van der Waals surface area contributed by atoms with Crippen molar-refractivity contribution in [3.63, 3.8) is 0 Å². The van der Waals surface area contributed by atoms with Crippen LogP contribution in [-0.2, 0) is 36.8 Å². The van der Waals surface area contributed by atoms with E-state index in [1.807, 2.05) is 0 Å². The topological polar surface area (TPSA) is 175 Å². The zero-order valence-electron chi connectivity index (χ0n) is 17.6. The summed E-state index contributed by atoms with van der Waals surface area (Å²) in [7, 11) is 0. The standard InChI is InChI=1S/C23H23FN2O7/c24-15-4-9(1-2-12(27)8-25)3-14-13(15)6-10-5-11-7-16(28)18(22(26)32)21(31)23(11,33)20(30)17(10)19(14)29/h3-4,10-11,17-18,33H,1-2,5-8,25H2,(H2,26,32). The molecule has 2 fully saturated rings. The molecule has 4 rings (SSSR count). The highest BCUT2D eigenvalue weighted by Gasteiger charge is 2.65. The second-order valence-corrected chi connectivity index (χ2v) is 9.09. The third-order valence-electron chi connectivity index (χ3n) is 7.19. The first-order chi connectivity index (χ1) is 15.5. The van der Waals surface area contributed by atoms with Crippen LogP contribution in [0.5, 0.6) is 0 Å². The number of rotatable bonds is 5. The molecule has 0 saturated heterocycles. The van der Waals surface area contributed by atoms with Crippen LogP contribution in [0.15, 0.2) is 12.1 Å². The number of ketones is 5. The molecular weight excluding hydrogens is 435 g/mol. The maximum absolute atomic E-state index is 14.9. The number of fused-ring (bicyclic) bond motifs is 3. The van der Waals surface area contributed by atoms with Crippen LogP contribution in [0.25, 0.3) is 0 Å². The van der Waals surface area contributed by atoms with Crippen molar-refractivity contribution in [2.75, 3.05) is 6.54 Å². The van der Waals surface area contributed by atoms with E-state index in [2.05, 4.69) is 0 Å². The SMILES string of the molecule is NCC(=O)CCc1cc(F)c2c(c1)C(=O)C1C(=O)C3(O)C(=O)C(C(N)=O)C(=O)CC3CC1C2. The van der Waals surface area contributed by atoms with Crippen molar-refractivity contribution in [3.05, 3.63) is 34.6 Å². The van der Waals surface area contributed by atoms with Gasteiger partial charge in [0.2, 0.25) is 5.91 Å². The molecule has 5 atom stereocenters. The maximum atomic E-state index is 14.9. The second kappa shape index (κ2) is 8.03. The highest BCUT2D eigenvalue weighted by atomic mass is 19.1. The average molecular weight is 458 g/mol. The largest absolute Gasteiger partial charge is 0.374 e. The van der Waals surface area contributed by atoms with Crippen molar-refractivity contribution in [1.29, 1.82) is 0 Å². The van der Waals surface area contributed by atoms with Gasteiger partial charge in [0, 0.05) is 24.3 Å². The third kappa shape index (κ3) is 3.44. The van der Waals surface area contributed by atoms with Crippen molar-refractivity contribution in [2.24, 2.45) is 35.1 Å². The van der Waals surface area contributed by atoms with Gasteiger partial charge in [-0.05, 0) is 48.4 Å². The predicted octanol–water partition coefficient (Wildman–Crippen LogP) is -0.779. The summed E-state index contributed by atoms with van der Waals surface area (Å²) in [5.74, 6) is -11.2. The fourth-order valence-corrected chi connectivity index (χ4v) is 5.51. The first-order valence-corrected chi connectivity index (χ1v) is 10.7. The number of amides is 1. The van der Waals surface area contributed by atoms with Crippen LogP contribution in [0.2, 0.25) is 0 Å². The number of aryl methyl sites for hydroxylation is 1. The summed E-state index contributed by atoms with van der Waals surface area (Å²) in [6.45, 7) is -0.160. The number of carbonyl (C=O) groups is 6. The molecule has 0 aliphatic heterocycles. The molecule has 2 saturated carbocycles. The van der Waals surface area contributed by atoms with Crippen molar-refractivity contribution in [2.45, 2.75) is 37.7 Å². The van der Waals surface area contributed by atoms with E-state index in [0.29, 0.717) is 5.56 Å². The molecule has 174 valence electrons. The Kier molecular flexibility index (Phi) is 5.61. The Morgan fingerprint density at radius 3 is 2.45 bits per heavy atom. The Labute approximate surface area is 187 Å². The minimum Gasteiger partial charge on any atom is -0.374 e. The van der Waals surface area contributed by atoms with E-state index >= 15 is 0 Å². The molecule has 5 unspecified atom stereocenters. The van der Waals surface area contributed by atoms with E-state index in [-0.39, 0.29) is 49.1 Å². The zero-order chi connectivity index (χ0) is 24.2. The van der Waals surface area contributed by atoms with Gasteiger partial charge in [0.25, 0.3) is 0 Å². The van der Waals surface area contributed by atoms with Crippen LogP contribution in [-0.4, -0.2) is 52.1 Å². The predicted molar refractivity (Wildman–Crippen MR) is 109 cm³/mol. The summed E-state index contributed by atoms with van der Waals surface area (Å²) < 4.78 is 14.9. The maximum Gasteiger partial charge on any atom is 0.235 e. The molecule has 1 aromatic rings. The minimum atomic E-state index is -2.67. The number of nitrogens with two attached hydrogens (primary N) is 2. The number of benzene rings is 1. The lowest BCUT2D eigenvalue weighted by Crippen LogP contribution is -2.68. The Morgan fingerprint density at radius 1 is 1.12 bits per heavy atom. The van der Waals surface area contributed by atoms with Gasteiger partial charge in [0.05, 0.1) is 12.5 Å². The molecule has 3 aliphatic rings. The number of hydrogen-bond acceptors (Lipinski definition) is 8. The summed E-state index contributed by atoms with van der Waals surface area (Å²) in [6.07, 6.45) is -0.218. The number of hydrogen-bond donors (Lipinski definition) is 3. The fourth-order valence-electron chi connectivity index (χ4n) is 5.51. The van der Waals surface area contributed by atoms with Gasteiger partial charge in [-0.3, -0.25) is 28.8 Å². The molecule has 0 heterocycles. The number of carbonyl (C=O) groups excluding carboxylic acids is 6. The van der Waals surface area contributed by atoms with Crippen LogP contribution in [0, 0.1) is 29.5 Å². The van der Waals surface area contributed by atoms with Gasteiger partial charge in [-0.15, -0.1) is 0 Å². The van der Waals surface area contributed by atoms with Gasteiger partial charge in [-0.25, -0.2) is 4.39 Å². The van der Waals surface area contributed by atoms with Crippen molar-refractivity contribution in [3.8, 4) is 0 Å². The Morgan fingerprint density at radius 2 is 1.82 bits per heavy atom. The van der Waals surface area contributed by atoms with Crippen LogP contribution < -0.4 is 11.5 Å². The first kappa shape index (κ1) is 23.1. The Bertz CT molecular complexity index is 1130. The first-order valence-electron chi connectivity index (χ1n) is 10.7. The Hall–Kier alpha value is -3.11. The highest BCUT2D eigenvalue weighted by Crippen LogP contribution is 2.49. The summed E-state index contributed by atoms with van der Waals surface area (Å²) in [4.78, 5) is 74.9. The fraction of sp³-hybridized carbons (Fsp3) is 0.478. The molecule has 0 aromatic heterocycles. The molecule has 1 aromatic carbocycles. The number of primary amides is 1. The van der Waals surface area contributed by atoms with E-state index < -0.39 is 70.6 Å². The van der Waals surface area contributed by atoms with Gasteiger partial charge in [0.1, 0.15) is 11.6 Å². The molecule has 0 bridgehead atoms. The minimum absolute atomic E-state index is 0.0134. The van der Waals surface area contributed by atoms with Crippen LogP contribution >= 0.6 is 0 Å². The van der Waals surface area contributed by atoms with Crippen LogP contribution in [0.1, 0.15) is 40.7 Å². The molecule has 10 heteroatoms. The van der Waals surface area contributed by atoms with E-state index in [4.69, 9.17) is 11.5 Å². The monoisotopic (exact) mass is 458 g/mol. The molecule has 0 spiro atoms. The molecule has 0 radical (unpaired) electrons. The van der Waals surface area contributed by atoms with Crippen LogP contribution in [0.3, 0.4) is 0 Å². The Balaban J connectivity index is 1.71. The van der Waals surface area contributed by atoms with Gasteiger partial charge >= 0.3 is 0 Å². The normalized spacial score (nSPS) is 31.0. The smallest absolute Gasteiger partial charge is 0.235 e. The summed E-state index contributed by atoms with van der Waals surface area (Å²) in [5.41, 5.74) is 8.23.